The van der Waals surface area contributed by atoms with Crippen molar-refractivity contribution >= 4 is 11.9 Å². The number of nitrogens with one attached hydrogen (secondary N) is 1. The number of hydrogen-bond acceptors (Lipinski definition) is 5. The summed E-state index contributed by atoms with van der Waals surface area (Å²) >= 11 is 0. The van der Waals surface area contributed by atoms with Gasteiger partial charge in [0.05, 0.1) is 5.56 Å². The molecule has 3 rings (SSSR count). The van der Waals surface area contributed by atoms with E-state index in [1.807, 2.05) is 30.3 Å². The number of para-hydroxylation sites is 1. The van der Waals surface area contributed by atoms with Crippen LogP contribution in [-0.2, 0) is 9.53 Å². The van der Waals surface area contributed by atoms with Gasteiger partial charge in [-0.1, -0.05) is 18.2 Å². The average Bonchev–Trinajstić information content (AvgIpc) is 3.05. The number of carbonyl (C=O) groups is 2. The first-order valence-electron chi connectivity index (χ1n) is 7.62. The van der Waals surface area contributed by atoms with Crippen LogP contribution < -0.4 is 10.1 Å². The van der Waals surface area contributed by atoms with Crippen LogP contribution in [0.3, 0.4) is 0 Å². The highest BCUT2D eigenvalue weighted by Gasteiger charge is 2.31. The molecule has 24 heavy (non-hydrogen) atoms. The van der Waals surface area contributed by atoms with E-state index in [1.165, 1.54) is 0 Å². The van der Waals surface area contributed by atoms with Gasteiger partial charge in [-0.2, -0.15) is 0 Å². The summed E-state index contributed by atoms with van der Waals surface area (Å²) in [5, 5.41) is 11.7. The summed E-state index contributed by atoms with van der Waals surface area (Å²) in [4.78, 5) is 23.0. The summed E-state index contributed by atoms with van der Waals surface area (Å²) < 4.78 is 11.0. The second-order valence-corrected chi connectivity index (χ2v) is 5.50. The minimum absolute atomic E-state index is 0.274. The number of carboxylic acid groups (broad SMARTS) is 1. The molecule has 1 aliphatic rings. The van der Waals surface area contributed by atoms with E-state index in [9.17, 15) is 9.59 Å². The van der Waals surface area contributed by atoms with Crippen LogP contribution in [0.2, 0.25) is 0 Å². The molecule has 2 aromatic carbocycles. The largest absolute Gasteiger partial charge is 0.480 e. The molecule has 0 aliphatic carbocycles. The summed E-state index contributed by atoms with van der Waals surface area (Å²) in [6, 6.07) is 15.3. The molecule has 2 aromatic rings. The number of carboxylic acids is 1. The molecule has 1 heterocycles. The second kappa shape index (κ2) is 7.14. The third-order valence-corrected chi connectivity index (χ3v) is 3.73. The summed E-state index contributed by atoms with van der Waals surface area (Å²) in [6.07, 6.45) is -0.158. The van der Waals surface area contributed by atoms with E-state index in [2.05, 4.69) is 5.32 Å². The molecule has 6 heteroatoms. The Balaban J connectivity index is 1.57. The van der Waals surface area contributed by atoms with Gasteiger partial charge in [0.25, 0.3) is 0 Å². The van der Waals surface area contributed by atoms with Gasteiger partial charge in [-0.3, -0.25) is 4.79 Å². The van der Waals surface area contributed by atoms with Crippen molar-refractivity contribution < 1.29 is 24.2 Å². The van der Waals surface area contributed by atoms with Crippen molar-refractivity contribution in [2.45, 2.75) is 18.6 Å². The molecule has 0 aromatic heterocycles. The Morgan fingerprint density at radius 3 is 2.29 bits per heavy atom. The number of ether oxygens (including phenoxy) is 2. The molecule has 2 N–H and O–H groups in total. The number of benzene rings is 2. The first-order valence-corrected chi connectivity index (χ1v) is 7.62. The van der Waals surface area contributed by atoms with Crippen LogP contribution in [-0.4, -0.2) is 35.7 Å². The average molecular weight is 327 g/mol. The molecular weight excluding hydrogens is 310 g/mol. The third-order valence-electron chi connectivity index (χ3n) is 3.73. The summed E-state index contributed by atoms with van der Waals surface area (Å²) in [5.74, 6) is -0.0779. The Kier molecular flexibility index (Phi) is 4.77. The topological polar surface area (TPSA) is 84.9 Å². The summed E-state index contributed by atoms with van der Waals surface area (Å²) in [7, 11) is 0. The fourth-order valence-electron chi connectivity index (χ4n) is 2.48. The van der Waals surface area contributed by atoms with Crippen molar-refractivity contribution in [3.8, 4) is 11.5 Å². The van der Waals surface area contributed by atoms with Crippen LogP contribution in [0.25, 0.3) is 0 Å². The van der Waals surface area contributed by atoms with Gasteiger partial charge >= 0.3 is 11.9 Å². The Morgan fingerprint density at radius 1 is 1.00 bits per heavy atom. The Labute approximate surface area is 139 Å². The maximum Gasteiger partial charge on any atom is 0.338 e. The predicted molar refractivity (Wildman–Crippen MR) is 86.2 cm³/mol. The minimum Gasteiger partial charge on any atom is -0.480 e. The van der Waals surface area contributed by atoms with Crippen molar-refractivity contribution in [2.24, 2.45) is 0 Å². The zero-order valence-corrected chi connectivity index (χ0v) is 12.8. The molecule has 0 amide bonds. The Bertz CT molecular complexity index is 714. The fourth-order valence-corrected chi connectivity index (χ4v) is 2.48. The van der Waals surface area contributed by atoms with Gasteiger partial charge in [0.1, 0.15) is 23.6 Å². The molecule has 0 saturated carbocycles. The van der Waals surface area contributed by atoms with E-state index in [1.54, 1.807) is 24.3 Å². The van der Waals surface area contributed by atoms with Crippen LogP contribution in [0, 0.1) is 0 Å². The van der Waals surface area contributed by atoms with Crippen LogP contribution in [0.15, 0.2) is 54.6 Å². The summed E-state index contributed by atoms with van der Waals surface area (Å²) in [6.45, 7) is 0.345. The number of carbonyl (C=O) groups excluding carboxylic acids is 1. The standard InChI is InChI=1S/C18H17NO5/c20-17(21)16-10-15(11-19-16)24-18(22)12-6-8-14(9-7-12)23-13-4-2-1-3-5-13/h1-9,15-16,19H,10-11H2,(H,20,21)/t15-,16-/m0/s1. The lowest BCUT2D eigenvalue weighted by Gasteiger charge is -2.11. The molecule has 0 spiro atoms. The van der Waals surface area contributed by atoms with E-state index >= 15 is 0 Å². The predicted octanol–water partition coefficient (Wildman–Crippen LogP) is 2.45. The second-order valence-electron chi connectivity index (χ2n) is 5.50. The smallest absolute Gasteiger partial charge is 0.338 e. The molecule has 1 fully saturated rings. The van der Waals surface area contributed by atoms with Crippen LogP contribution in [0.4, 0.5) is 0 Å². The molecule has 124 valence electrons. The highest BCUT2D eigenvalue weighted by atomic mass is 16.5. The molecule has 0 unspecified atom stereocenters. The van der Waals surface area contributed by atoms with Gasteiger partial charge in [0.2, 0.25) is 0 Å². The molecular formula is C18H17NO5. The van der Waals surface area contributed by atoms with E-state index < -0.39 is 24.1 Å². The third kappa shape index (κ3) is 3.91. The van der Waals surface area contributed by atoms with E-state index in [4.69, 9.17) is 14.6 Å². The fraction of sp³-hybridized carbons (Fsp3) is 0.222. The molecule has 2 atom stereocenters. The molecule has 1 aliphatic heterocycles. The lowest BCUT2D eigenvalue weighted by Crippen LogP contribution is -2.30. The monoisotopic (exact) mass is 327 g/mol. The first-order chi connectivity index (χ1) is 11.6. The number of esters is 1. The zero-order chi connectivity index (χ0) is 16.9. The van der Waals surface area contributed by atoms with Gasteiger partial charge in [-0.25, -0.2) is 4.79 Å². The van der Waals surface area contributed by atoms with Crippen LogP contribution in [0.5, 0.6) is 11.5 Å². The zero-order valence-electron chi connectivity index (χ0n) is 12.8. The highest BCUT2D eigenvalue weighted by Crippen LogP contribution is 2.22. The first kappa shape index (κ1) is 16.0. The number of hydrogen-bond donors (Lipinski definition) is 2. The van der Waals surface area contributed by atoms with Gasteiger partial charge in [0.15, 0.2) is 0 Å². The molecule has 6 nitrogen and oxygen atoms in total. The van der Waals surface area contributed by atoms with E-state index in [0.717, 1.165) is 0 Å². The van der Waals surface area contributed by atoms with E-state index in [-0.39, 0.29) is 6.42 Å². The highest BCUT2D eigenvalue weighted by molar-refractivity contribution is 5.89. The van der Waals surface area contributed by atoms with Crippen molar-refractivity contribution in [2.75, 3.05) is 6.54 Å². The maximum absolute atomic E-state index is 12.1. The maximum atomic E-state index is 12.1. The van der Waals surface area contributed by atoms with Gasteiger partial charge in [-0.15, -0.1) is 0 Å². The lowest BCUT2D eigenvalue weighted by atomic mass is 10.2. The minimum atomic E-state index is -0.934. The Morgan fingerprint density at radius 2 is 1.67 bits per heavy atom. The molecule has 1 saturated heterocycles. The van der Waals surface area contributed by atoms with Gasteiger partial charge < -0.3 is 19.9 Å². The van der Waals surface area contributed by atoms with Gasteiger partial charge in [-0.05, 0) is 36.4 Å². The summed E-state index contributed by atoms with van der Waals surface area (Å²) in [5.41, 5.74) is 0.397. The van der Waals surface area contributed by atoms with Crippen molar-refractivity contribution in [3.05, 3.63) is 60.2 Å². The van der Waals surface area contributed by atoms with Gasteiger partial charge in [0, 0.05) is 13.0 Å². The van der Waals surface area contributed by atoms with Crippen LogP contribution >= 0.6 is 0 Å². The number of aliphatic carboxylic acids is 1. The quantitative estimate of drug-likeness (QED) is 0.821. The lowest BCUT2D eigenvalue weighted by molar-refractivity contribution is -0.139. The Hall–Kier alpha value is -2.86. The molecule has 0 bridgehead atoms. The van der Waals surface area contributed by atoms with Crippen molar-refractivity contribution in [1.29, 1.82) is 0 Å². The van der Waals surface area contributed by atoms with E-state index in [0.29, 0.717) is 23.6 Å². The van der Waals surface area contributed by atoms with Crippen LogP contribution in [0.1, 0.15) is 16.8 Å². The SMILES string of the molecule is O=C(O[C@@H]1CN[C@H](C(=O)O)C1)c1ccc(Oc2ccccc2)cc1. The van der Waals surface area contributed by atoms with Crippen molar-refractivity contribution in [3.63, 3.8) is 0 Å². The normalized spacial score (nSPS) is 19.7. The van der Waals surface area contributed by atoms with Crippen molar-refractivity contribution in [1.82, 2.24) is 5.32 Å². The molecule has 0 radical (unpaired) electrons. The number of rotatable bonds is 5.